The number of hydrogen-bond acceptors (Lipinski definition) is 3. The second-order valence-corrected chi connectivity index (χ2v) is 7.29. The van der Waals surface area contributed by atoms with Crippen LogP contribution in [0.25, 0.3) is 0 Å². The van der Waals surface area contributed by atoms with Crippen LogP contribution in [0.15, 0.2) is 0 Å². The fourth-order valence-electron chi connectivity index (χ4n) is 4.08. The second kappa shape index (κ2) is 5.64. The lowest BCUT2D eigenvalue weighted by Crippen LogP contribution is -2.58. The van der Waals surface area contributed by atoms with Gasteiger partial charge in [0.15, 0.2) is 0 Å². The van der Waals surface area contributed by atoms with Gasteiger partial charge in [-0.1, -0.05) is 19.3 Å². The third-order valence-electron chi connectivity index (χ3n) is 5.28. The molecule has 0 bridgehead atoms. The Morgan fingerprint density at radius 1 is 1.15 bits per heavy atom. The number of rotatable bonds is 3. The van der Waals surface area contributed by atoms with Crippen LogP contribution in [-0.4, -0.2) is 33.5 Å². The first-order valence-electron chi connectivity index (χ1n) is 7.87. The van der Waals surface area contributed by atoms with Crippen molar-refractivity contribution in [3.8, 4) is 0 Å². The molecule has 0 aromatic rings. The second-order valence-electron chi connectivity index (χ2n) is 7.29. The van der Waals surface area contributed by atoms with Crippen LogP contribution in [0.1, 0.15) is 65.7 Å². The fraction of sp³-hybridized carbons (Fsp3) is 0.938. The molecule has 2 N–H and O–H groups in total. The molecular weight excluding hydrogens is 256 g/mol. The topological polar surface area (TPSA) is 66.8 Å². The van der Waals surface area contributed by atoms with E-state index in [1.807, 2.05) is 20.8 Å². The largest absolute Gasteiger partial charge is 0.481 e. The van der Waals surface area contributed by atoms with Crippen LogP contribution in [0.4, 0.5) is 0 Å². The van der Waals surface area contributed by atoms with Crippen molar-refractivity contribution in [3.63, 3.8) is 0 Å². The number of ether oxygens (including phenoxy) is 1. The van der Waals surface area contributed by atoms with E-state index in [0.717, 1.165) is 12.8 Å². The predicted molar refractivity (Wildman–Crippen MR) is 76.5 cm³/mol. The number of carboxylic acids is 1. The Hall–Kier alpha value is -0.610. The van der Waals surface area contributed by atoms with Crippen LogP contribution in [-0.2, 0) is 9.53 Å². The molecule has 20 heavy (non-hydrogen) atoms. The van der Waals surface area contributed by atoms with Gasteiger partial charge in [0.1, 0.15) is 0 Å². The van der Waals surface area contributed by atoms with E-state index in [1.165, 1.54) is 19.3 Å². The highest BCUT2D eigenvalue weighted by Crippen LogP contribution is 2.44. The number of aliphatic hydroxyl groups is 1. The van der Waals surface area contributed by atoms with E-state index in [1.54, 1.807) is 0 Å². The van der Waals surface area contributed by atoms with Gasteiger partial charge >= 0.3 is 5.97 Å². The molecule has 2 fully saturated rings. The molecule has 4 heteroatoms. The first kappa shape index (κ1) is 15.8. The normalized spacial score (nSPS) is 36.5. The molecule has 2 rings (SSSR count). The molecule has 0 aromatic heterocycles. The Morgan fingerprint density at radius 2 is 1.75 bits per heavy atom. The van der Waals surface area contributed by atoms with Crippen molar-refractivity contribution < 1.29 is 19.7 Å². The Bertz CT molecular complexity index is 359. The van der Waals surface area contributed by atoms with E-state index in [4.69, 9.17) is 4.74 Å². The quantitative estimate of drug-likeness (QED) is 0.836. The summed E-state index contributed by atoms with van der Waals surface area (Å²) in [6.07, 6.45) is 6.43. The van der Waals surface area contributed by atoms with Crippen LogP contribution in [0.2, 0.25) is 0 Å². The zero-order valence-electron chi connectivity index (χ0n) is 12.9. The highest BCUT2D eigenvalue weighted by molar-refractivity contribution is 5.71. The van der Waals surface area contributed by atoms with Crippen molar-refractivity contribution in [2.24, 2.45) is 11.8 Å². The van der Waals surface area contributed by atoms with Gasteiger partial charge in [-0.05, 0) is 52.4 Å². The van der Waals surface area contributed by atoms with Crippen LogP contribution >= 0.6 is 0 Å². The smallest absolute Gasteiger partial charge is 0.309 e. The third kappa shape index (κ3) is 3.01. The van der Waals surface area contributed by atoms with Crippen LogP contribution < -0.4 is 0 Å². The highest BCUT2D eigenvalue weighted by Gasteiger charge is 2.51. The lowest BCUT2D eigenvalue weighted by atomic mass is 9.72. The average molecular weight is 284 g/mol. The molecule has 1 aliphatic carbocycles. The standard InChI is InChI=1S/C16H28O4/c1-15(2)12(14(18)19)9-10-16(3,20-15)13(17)11-7-5-4-6-8-11/h11-13,17H,4-10H2,1-3H3,(H,18,19)/t12-,13+,16+/m0/s1. The minimum atomic E-state index is -0.802. The number of hydrogen-bond donors (Lipinski definition) is 2. The van der Waals surface area contributed by atoms with E-state index in [2.05, 4.69) is 0 Å². The van der Waals surface area contributed by atoms with E-state index in [9.17, 15) is 15.0 Å². The molecule has 0 radical (unpaired) electrons. The van der Waals surface area contributed by atoms with Gasteiger partial charge in [0.05, 0.1) is 23.2 Å². The number of carboxylic acid groups (broad SMARTS) is 1. The third-order valence-corrected chi connectivity index (χ3v) is 5.28. The van der Waals surface area contributed by atoms with E-state index < -0.39 is 29.2 Å². The molecule has 0 amide bonds. The van der Waals surface area contributed by atoms with Crippen molar-refractivity contribution in [1.29, 1.82) is 0 Å². The Balaban J connectivity index is 2.09. The van der Waals surface area contributed by atoms with Gasteiger partial charge in [0.2, 0.25) is 0 Å². The van der Waals surface area contributed by atoms with Crippen LogP contribution in [0.3, 0.4) is 0 Å². The van der Waals surface area contributed by atoms with Crippen molar-refractivity contribution >= 4 is 5.97 Å². The van der Waals surface area contributed by atoms with Gasteiger partial charge in [-0.2, -0.15) is 0 Å². The summed E-state index contributed by atoms with van der Waals surface area (Å²) in [6.45, 7) is 5.61. The number of aliphatic carboxylic acids is 1. The van der Waals surface area contributed by atoms with Crippen LogP contribution in [0.5, 0.6) is 0 Å². The average Bonchev–Trinajstić information content (AvgIpc) is 2.37. The van der Waals surface area contributed by atoms with Gasteiger partial charge in [0.25, 0.3) is 0 Å². The maximum absolute atomic E-state index is 11.3. The summed E-state index contributed by atoms with van der Waals surface area (Å²) in [5.41, 5.74) is -1.34. The number of carbonyl (C=O) groups is 1. The van der Waals surface area contributed by atoms with Gasteiger partial charge in [-0.15, -0.1) is 0 Å². The predicted octanol–water partition coefficient (Wildman–Crippen LogP) is 2.98. The fourth-order valence-corrected chi connectivity index (χ4v) is 4.08. The molecule has 1 heterocycles. The zero-order valence-corrected chi connectivity index (χ0v) is 12.9. The molecule has 2 aliphatic rings. The van der Waals surface area contributed by atoms with Crippen LogP contribution in [0, 0.1) is 11.8 Å². The van der Waals surface area contributed by atoms with E-state index in [-0.39, 0.29) is 0 Å². The zero-order chi connectivity index (χ0) is 15.0. The summed E-state index contributed by atoms with van der Waals surface area (Å²) in [5, 5.41) is 20.0. The molecule has 4 nitrogen and oxygen atoms in total. The monoisotopic (exact) mass is 284 g/mol. The summed E-state index contributed by atoms with van der Waals surface area (Å²) in [7, 11) is 0. The van der Waals surface area contributed by atoms with Gasteiger partial charge in [-0.25, -0.2) is 0 Å². The summed E-state index contributed by atoms with van der Waals surface area (Å²) in [4.78, 5) is 11.3. The molecule has 1 saturated carbocycles. The number of aliphatic hydroxyl groups excluding tert-OH is 1. The molecule has 0 aromatic carbocycles. The van der Waals surface area contributed by atoms with E-state index in [0.29, 0.717) is 18.8 Å². The van der Waals surface area contributed by atoms with Crippen molar-refractivity contribution in [1.82, 2.24) is 0 Å². The van der Waals surface area contributed by atoms with Crippen molar-refractivity contribution in [2.75, 3.05) is 0 Å². The Morgan fingerprint density at radius 3 is 2.25 bits per heavy atom. The SMILES string of the molecule is CC1(C)O[C@@](C)([C@H](O)C2CCCCC2)CC[C@H]1C(=O)O. The minimum Gasteiger partial charge on any atom is -0.481 e. The Kier molecular flexibility index (Phi) is 4.45. The lowest BCUT2D eigenvalue weighted by molar-refractivity contribution is -0.241. The summed E-state index contributed by atoms with van der Waals surface area (Å²) >= 11 is 0. The molecular formula is C16H28O4. The summed E-state index contributed by atoms with van der Waals surface area (Å²) in [5.74, 6) is -0.996. The van der Waals surface area contributed by atoms with Crippen molar-refractivity contribution in [2.45, 2.75) is 83.0 Å². The molecule has 0 unspecified atom stereocenters. The molecule has 1 aliphatic heterocycles. The molecule has 1 saturated heterocycles. The minimum absolute atomic E-state index is 0.297. The van der Waals surface area contributed by atoms with E-state index >= 15 is 0 Å². The summed E-state index contributed by atoms with van der Waals surface area (Å²) < 4.78 is 6.12. The molecule has 0 spiro atoms. The lowest BCUT2D eigenvalue weighted by Gasteiger charge is -2.50. The maximum atomic E-state index is 11.3. The van der Waals surface area contributed by atoms with Gasteiger partial charge in [-0.3, -0.25) is 4.79 Å². The summed E-state index contributed by atoms with van der Waals surface area (Å²) in [6, 6.07) is 0. The Labute approximate surface area is 121 Å². The van der Waals surface area contributed by atoms with Crippen molar-refractivity contribution in [3.05, 3.63) is 0 Å². The van der Waals surface area contributed by atoms with Gasteiger partial charge < -0.3 is 14.9 Å². The maximum Gasteiger partial charge on any atom is 0.309 e. The molecule has 116 valence electrons. The molecule has 3 atom stereocenters. The highest BCUT2D eigenvalue weighted by atomic mass is 16.5. The van der Waals surface area contributed by atoms with Gasteiger partial charge in [0, 0.05) is 0 Å². The first-order chi connectivity index (χ1) is 9.26. The first-order valence-corrected chi connectivity index (χ1v) is 7.87.